The first kappa shape index (κ1) is 13.1. The Morgan fingerprint density at radius 3 is 2.80 bits per heavy atom. The van der Waals surface area contributed by atoms with Gasteiger partial charge in [-0.1, -0.05) is 24.3 Å². The van der Waals surface area contributed by atoms with Crippen LogP contribution in [0, 0.1) is 6.92 Å². The largest absolute Gasteiger partial charge is 0.385 e. The van der Waals surface area contributed by atoms with Crippen molar-refractivity contribution in [2.45, 2.75) is 19.8 Å². The van der Waals surface area contributed by atoms with Gasteiger partial charge in [0.15, 0.2) is 0 Å². The molecular formula is C17H18N2S. The van der Waals surface area contributed by atoms with Gasteiger partial charge in [-0.3, -0.25) is 0 Å². The van der Waals surface area contributed by atoms with Gasteiger partial charge < -0.3 is 5.32 Å². The number of aromatic nitrogens is 1. The highest BCUT2D eigenvalue weighted by atomic mass is 32.1. The van der Waals surface area contributed by atoms with Crippen LogP contribution in [0.25, 0.3) is 10.2 Å². The monoisotopic (exact) mass is 282 g/mol. The van der Waals surface area contributed by atoms with Gasteiger partial charge in [-0.15, -0.1) is 11.3 Å². The van der Waals surface area contributed by atoms with Crippen LogP contribution in [0.5, 0.6) is 0 Å². The lowest BCUT2D eigenvalue weighted by molar-refractivity contribution is 0.857. The van der Waals surface area contributed by atoms with Crippen LogP contribution in [0.15, 0.2) is 48.5 Å². The molecule has 3 aromatic rings. The summed E-state index contributed by atoms with van der Waals surface area (Å²) in [6.45, 7) is 3.11. The Morgan fingerprint density at radius 2 is 1.95 bits per heavy atom. The van der Waals surface area contributed by atoms with Gasteiger partial charge in [-0.25, -0.2) is 4.98 Å². The van der Waals surface area contributed by atoms with Crippen LogP contribution in [0.4, 0.5) is 5.69 Å². The summed E-state index contributed by atoms with van der Waals surface area (Å²) in [4.78, 5) is 4.69. The Hall–Kier alpha value is -1.87. The number of hydrogen-bond acceptors (Lipinski definition) is 3. The lowest BCUT2D eigenvalue weighted by atomic mass is 10.2. The summed E-state index contributed by atoms with van der Waals surface area (Å²) in [6.07, 6.45) is 2.14. The number of rotatable bonds is 5. The van der Waals surface area contributed by atoms with E-state index in [0.717, 1.165) is 24.9 Å². The smallest absolute Gasteiger partial charge is 0.0939 e. The molecule has 0 amide bonds. The van der Waals surface area contributed by atoms with E-state index in [1.54, 1.807) is 0 Å². The van der Waals surface area contributed by atoms with E-state index >= 15 is 0 Å². The van der Waals surface area contributed by atoms with Crippen LogP contribution >= 0.6 is 11.3 Å². The summed E-state index contributed by atoms with van der Waals surface area (Å²) in [5, 5.41) is 4.67. The van der Waals surface area contributed by atoms with E-state index in [-0.39, 0.29) is 0 Å². The standard InChI is InChI=1S/C17H18N2S/c1-13-9-10-15-16(12-13)20-17(19-15)8-5-11-18-14-6-3-2-4-7-14/h2-4,6-7,9-10,12,18H,5,8,11H2,1H3. The second kappa shape index (κ2) is 6.06. The molecule has 0 atom stereocenters. The van der Waals surface area contributed by atoms with E-state index < -0.39 is 0 Å². The topological polar surface area (TPSA) is 24.9 Å². The van der Waals surface area contributed by atoms with Crippen LogP contribution in [-0.2, 0) is 6.42 Å². The van der Waals surface area contributed by atoms with Gasteiger partial charge in [0.2, 0.25) is 0 Å². The van der Waals surface area contributed by atoms with E-state index in [9.17, 15) is 0 Å². The molecule has 1 heterocycles. The van der Waals surface area contributed by atoms with E-state index in [4.69, 9.17) is 0 Å². The molecule has 0 aliphatic rings. The van der Waals surface area contributed by atoms with Crippen molar-refractivity contribution < 1.29 is 0 Å². The Balaban J connectivity index is 1.55. The van der Waals surface area contributed by atoms with E-state index in [1.165, 1.54) is 21.0 Å². The molecule has 0 saturated heterocycles. The number of nitrogens with zero attached hydrogens (tertiary/aromatic N) is 1. The summed E-state index contributed by atoms with van der Waals surface area (Å²) in [6, 6.07) is 16.8. The molecule has 0 radical (unpaired) electrons. The first-order chi connectivity index (χ1) is 9.81. The number of benzene rings is 2. The summed E-state index contributed by atoms with van der Waals surface area (Å²) < 4.78 is 1.30. The number of para-hydroxylation sites is 1. The lowest BCUT2D eigenvalue weighted by Crippen LogP contribution is -2.02. The van der Waals surface area contributed by atoms with Gasteiger partial charge in [0.1, 0.15) is 0 Å². The molecule has 0 fully saturated rings. The average molecular weight is 282 g/mol. The number of aryl methyl sites for hydroxylation is 2. The zero-order valence-corrected chi connectivity index (χ0v) is 12.4. The zero-order chi connectivity index (χ0) is 13.8. The molecule has 0 aliphatic heterocycles. The van der Waals surface area contributed by atoms with Crippen molar-refractivity contribution in [2.75, 3.05) is 11.9 Å². The molecule has 1 aromatic heterocycles. The van der Waals surface area contributed by atoms with Crippen LogP contribution < -0.4 is 5.32 Å². The maximum atomic E-state index is 4.69. The SMILES string of the molecule is Cc1ccc2nc(CCCNc3ccccc3)sc2c1. The van der Waals surface area contributed by atoms with Crippen molar-refractivity contribution in [3.8, 4) is 0 Å². The third-order valence-corrected chi connectivity index (χ3v) is 4.34. The molecule has 3 heteroatoms. The minimum Gasteiger partial charge on any atom is -0.385 e. The van der Waals surface area contributed by atoms with E-state index in [2.05, 4.69) is 59.7 Å². The first-order valence-corrected chi connectivity index (χ1v) is 7.78. The molecule has 0 bridgehead atoms. The third kappa shape index (κ3) is 3.17. The van der Waals surface area contributed by atoms with Gasteiger partial charge in [0, 0.05) is 18.7 Å². The molecule has 3 rings (SSSR count). The molecule has 0 spiro atoms. The predicted octanol–water partition coefficient (Wildman–Crippen LogP) is 4.65. The van der Waals surface area contributed by atoms with Crippen LogP contribution in [0.3, 0.4) is 0 Å². The summed E-state index contributed by atoms with van der Waals surface area (Å²) in [7, 11) is 0. The fourth-order valence-electron chi connectivity index (χ4n) is 2.21. The van der Waals surface area contributed by atoms with Gasteiger partial charge in [-0.05, 0) is 43.2 Å². The van der Waals surface area contributed by atoms with E-state index in [1.807, 2.05) is 17.4 Å². The molecule has 0 aliphatic carbocycles. The van der Waals surface area contributed by atoms with E-state index in [0.29, 0.717) is 0 Å². The summed E-state index contributed by atoms with van der Waals surface area (Å²) in [5.74, 6) is 0. The fourth-order valence-corrected chi connectivity index (χ4v) is 3.32. The highest BCUT2D eigenvalue weighted by Crippen LogP contribution is 2.23. The second-order valence-corrected chi connectivity index (χ2v) is 6.09. The zero-order valence-electron chi connectivity index (χ0n) is 11.6. The average Bonchev–Trinajstić information content (AvgIpc) is 2.86. The van der Waals surface area contributed by atoms with Crippen molar-refractivity contribution >= 4 is 27.2 Å². The number of fused-ring (bicyclic) bond motifs is 1. The highest BCUT2D eigenvalue weighted by molar-refractivity contribution is 7.18. The number of thiazole rings is 1. The number of hydrogen-bond donors (Lipinski definition) is 1. The Bertz CT molecular complexity index is 689. The van der Waals surface area contributed by atoms with Crippen LogP contribution in [0.1, 0.15) is 17.0 Å². The minimum atomic E-state index is 0.985. The van der Waals surface area contributed by atoms with Crippen LogP contribution in [0.2, 0.25) is 0 Å². The molecule has 2 aromatic carbocycles. The number of nitrogens with one attached hydrogen (secondary N) is 1. The molecule has 1 N–H and O–H groups in total. The number of anilines is 1. The summed E-state index contributed by atoms with van der Waals surface area (Å²) in [5.41, 5.74) is 3.62. The summed E-state index contributed by atoms with van der Waals surface area (Å²) >= 11 is 1.82. The van der Waals surface area contributed by atoms with Gasteiger partial charge >= 0.3 is 0 Å². The third-order valence-electron chi connectivity index (χ3n) is 3.26. The Kier molecular flexibility index (Phi) is 3.97. The molecule has 102 valence electrons. The quantitative estimate of drug-likeness (QED) is 0.689. The normalized spacial score (nSPS) is 10.8. The predicted molar refractivity (Wildman–Crippen MR) is 87.6 cm³/mol. The minimum absolute atomic E-state index is 0.985. The van der Waals surface area contributed by atoms with Crippen molar-refractivity contribution in [1.29, 1.82) is 0 Å². The maximum Gasteiger partial charge on any atom is 0.0939 e. The maximum absolute atomic E-state index is 4.69. The lowest BCUT2D eigenvalue weighted by Gasteiger charge is -2.04. The van der Waals surface area contributed by atoms with Crippen LogP contribution in [-0.4, -0.2) is 11.5 Å². The van der Waals surface area contributed by atoms with Crippen molar-refractivity contribution in [3.05, 3.63) is 59.1 Å². The molecule has 20 heavy (non-hydrogen) atoms. The highest BCUT2D eigenvalue weighted by Gasteiger charge is 2.03. The van der Waals surface area contributed by atoms with Crippen molar-refractivity contribution in [1.82, 2.24) is 4.98 Å². The van der Waals surface area contributed by atoms with Gasteiger partial charge in [0.05, 0.1) is 15.2 Å². The Morgan fingerprint density at radius 1 is 1.10 bits per heavy atom. The van der Waals surface area contributed by atoms with Crippen molar-refractivity contribution in [2.24, 2.45) is 0 Å². The Labute approximate surface area is 123 Å². The molecule has 0 saturated carbocycles. The molecular weight excluding hydrogens is 264 g/mol. The second-order valence-electron chi connectivity index (χ2n) is 4.98. The molecule has 0 unspecified atom stereocenters. The van der Waals surface area contributed by atoms with Gasteiger partial charge in [0.25, 0.3) is 0 Å². The fraction of sp³-hybridized carbons (Fsp3) is 0.235. The first-order valence-electron chi connectivity index (χ1n) is 6.96. The molecule has 2 nitrogen and oxygen atoms in total. The van der Waals surface area contributed by atoms with Crippen molar-refractivity contribution in [3.63, 3.8) is 0 Å². The van der Waals surface area contributed by atoms with Gasteiger partial charge in [-0.2, -0.15) is 0 Å².